The number of hydrogen-bond acceptors (Lipinski definition) is 2. The second kappa shape index (κ2) is 7.28. The van der Waals surface area contributed by atoms with Gasteiger partial charge in [0.2, 0.25) is 0 Å². The van der Waals surface area contributed by atoms with Gasteiger partial charge in [-0.15, -0.1) is 5.54 Å². The summed E-state index contributed by atoms with van der Waals surface area (Å²) in [5, 5.41) is 10.2. The van der Waals surface area contributed by atoms with E-state index in [1.165, 1.54) is 0 Å². The predicted octanol–water partition coefficient (Wildman–Crippen LogP) is 4.58. The van der Waals surface area contributed by atoms with Gasteiger partial charge in [-0.2, -0.15) is 0 Å². The quantitative estimate of drug-likeness (QED) is 0.455. The monoisotopic (exact) mass is 326 g/mol. The Morgan fingerprint density at radius 1 is 1.19 bits per heavy atom. The van der Waals surface area contributed by atoms with Crippen molar-refractivity contribution in [3.63, 3.8) is 0 Å². The van der Waals surface area contributed by atoms with E-state index in [0.29, 0.717) is 6.42 Å². The molecule has 0 heterocycles. The minimum atomic E-state index is -1.80. The molecule has 122 valence electrons. The lowest BCUT2D eigenvalue weighted by Crippen LogP contribution is -2.43. The molecule has 0 saturated heterocycles. The predicted molar refractivity (Wildman–Crippen MR) is 98.6 cm³/mol. The molecule has 0 unspecified atom stereocenters. The van der Waals surface area contributed by atoms with Crippen molar-refractivity contribution in [3.05, 3.63) is 12.2 Å². The minimum Gasteiger partial charge on any atom is -0.411 e. The maximum absolute atomic E-state index is 10.0. The van der Waals surface area contributed by atoms with E-state index in [9.17, 15) is 5.11 Å². The Bertz CT molecular complexity index is 417. The first kappa shape index (κ1) is 20.7. The highest BCUT2D eigenvalue weighted by Gasteiger charge is 2.38. The van der Waals surface area contributed by atoms with Gasteiger partial charge in [0.1, 0.15) is 14.2 Å². The normalized spacial score (nSPS) is 15.9. The molecule has 0 rings (SSSR count). The molecular weight excluding hydrogens is 292 g/mol. The Balaban J connectivity index is 4.64. The first-order valence-corrected chi connectivity index (χ1v) is 14.1. The van der Waals surface area contributed by atoms with Gasteiger partial charge in [-0.3, -0.25) is 0 Å². The van der Waals surface area contributed by atoms with Crippen molar-refractivity contribution >= 4 is 16.4 Å². The van der Waals surface area contributed by atoms with Crippen LogP contribution < -0.4 is 0 Å². The molecule has 0 aromatic heterocycles. The first-order chi connectivity index (χ1) is 9.16. The van der Waals surface area contributed by atoms with Gasteiger partial charge < -0.3 is 9.53 Å². The molecule has 1 N–H and O–H groups in total. The molecule has 2 atom stereocenters. The fraction of sp³-hybridized carbons (Fsp3) is 0.765. The summed E-state index contributed by atoms with van der Waals surface area (Å²) in [4.78, 5) is 0. The van der Waals surface area contributed by atoms with Crippen LogP contribution in [0.5, 0.6) is 0 Å². The van der Waals surface area contributed by atoms with Crippen LogP contribution in [0.1, 0.15) is 34.1 Å². The van der Waals surface area contributed by atoms with Crippen LogP contribution in [0.25, 0.3) is 0 Å². The van der Waals surface area contributed by atoms with E-state index in [2.05, 4.69) is 71.5 Å². The van der Waals surface area contributed by atoms with Crippen LogP contribution in [-0.4, -0.2) is 33.7 Å². The van der Waals surface area contributed by atoms with Crippen molar-refractivity contribution in [2.75, 3.05) is 0 Å². The summed E-state index contributed by atoms with van der Waals surface area (Å²) in [6.07, 6.45) is -0.170. The van der Waals surface area contributed by atoms with E-state index in [1.807, 2.05) is 6.92 Å². The third kappa shape index (κ3) is 8.01. The van der Waals surface area contributed by atoms with Crippen molar-refractivity contribution in [1.82, 2.24) is 0 Å². The molecule has 0 aliphatic carbocycles. The zero-order valence-corrected chi connectivity index (χ0v) is 17.4. The van der Waals surface area contributed by atoms with Gasteiger partial charge in [0.25, 0.3) is 0 Å². The lowest BCUT2D eigenvalue weighted by atomic mass is 10.1. The summed E-state index contributed by atoms with van der Waals surface area (Å²) in [6, 6.07) is 0. The van der Waals surface area contributed by atoms with Gasteiger partial charge >= 0.3 is 0 Å². The minimum absolute atomic E-state index is 0.0331. The summed E-state index contributed by atoms with van der Waals surface area (Å²) < 4.78 is 6.30. The van der Waals surface area contributed by atoms with Gasteiger partial charge in [0, 0.05) is 6.42 Å². The maximum Gasteiger partial charge on any atom is 0.192 e. The zero-order valence-electron chi connectivity index (χ0n) is 15.4. The number of aliphatic hydroxyl groups is 1. The SMILES string of the molecule is C=C(C[C@H](O)C#C[Si](C)(C)C)[C@@H](C)O[Si](C)(C)C(C)(C)C. The lowest BCUT2D eigenvalue weighted by Gasteiger charge is -2.39. The third-order valence-corrected chi connectivity index (χ3v) is 9.37. The van der Waals surface area contributed by atoms with E-state index >= 15 is 0 Å². The highest BCUT2D eigenvalue weighted by Crippen LogP contribution is 2.38. The van der Waals surface area contributed by atoms with Crippen LogP contribution in [0.15, 0.2) is 12.2 Å². The molecule has 2 nitrogen and oxygen atoms in total. The number of hydrogen-bond donors (Lipinski definition) is 1. The Hall–Kier alpha value is -0.346. The molecule has 0 aliphatic rings. The smallest absolute Gasteiger partial charge is 0.192 e. The fourth-order valence-electron chi connectivity index (χ4n) is 1.47. The third-order valence-electron chi connectivity index (χ3n) is 3.92. The molecule has 0 aromatic rings. The average molecular weight is 327 g/mol. The Morgan fingerprint density at radius 3 is 2.05 bits per heavy atom. The first-order valence-electron chi connectivity index (χ1n) is 7.72. The second-order valence-corrected chi connectivity index (χ2v) is 17.9. The van der Waals surface area contributed by atoms with E-state index < -0.39 is 22.5 Å². The van der Waals surface area contributed by atoms with E-state index in [-0.39, 0.29) is 11.1 Å². The van der Waals surface area contributed by atoms with Gasteiger partial charge in [0.05, 0.1) is 6.10 Å². The van der Waals surface area contributed by atoms with Gasteiger partial charge in [-0.25, -0.2) is 0 Å². The van der Waals surface area contributed by atoms with Crippen LogP contribution in [0, 0.1) is 11.5 Å². The summed E-state index contributed by atoms with van der Waals surface area (Å²) in [5.74, 6) is 2.96. The van der Waals surface area contributed by atoms with Gasteiger partial charge in [-0.1, -0.05) is 52.9 Å². The summed E-state index contributed by atoms with van der Waals surface area (Å²) in [7, 11) is -3.24. The average Bonchev–Trinajstić information content (AvgIpc) is 2.23. The summed E-state index contributed by atoms with van der Waals surface area (Å²) in [6.45, 7) is 23.8. The molecule has 0 radical (unpaired) electrons. The maximum atomic E-state index is 10.0. The van der Waals surface area contributed by atoms with Crippen LogP contribution >= 0.6 is 0 Å². The fourth-order valence-corrected chi connectivity index (χ4v) is 3.47. The molecule has 21 heavy (non-hydrogen) atoms. The van der Waals surface area contributed by atoms with Crippen LogP contribution in [0.4, 0.5) is 0 Å². The molecule has 4 heteroatoms. The largest absolute Gasteiger partial charge is 0.411 e. The molecule has 0 aromatic carbocycles. The van der Waals surface area contributed by atoms with Gasteiger partial charge in [0.15, 0.2) is 8.32 Å². The van der Waals surface area contributed by atoms with E-state index in [0.717, 1.165) is 5.57 Å². The second-order valence-electron chi connectivity index (χ2n) is 8.42. The topological polar surface area (TPSA) is 29.5 Å². The number of aliphatic hydroxyl groups excluding tert-OH is 1. The molecule has 0 fully saturated rings. The molecule has 0 bridgehead atoms. The molecule has 0 saturated carbocycles. The molecule has 0 amide bonds. The Kier molecular flexibility index (Phi) is 7.16. The highest BCUT2D eigenvalue weighted by atomic mass is 28.4. The van der Waals surface area contributed by atoms with Crippen molar-refractivity contribution in [1.29, 1.82) is 0 Å². The highest BCUT2D eigenvalue weighted by molar-refractivity contribution is 6.83. The van der Waals surface area contributed by atoms with Gasteiger partial charge in [-0.05, 0) is 30.6 Å². The van der Waals surface area contributed by atoms with Crippen molar-refractivity contribution in [2.24, 2.45) is 0 Å². The molecular formula is C17H34O2Si2. The van der Waals surface area contributed by atoms with Crippen LogP contribution in [0.3, 0.4) is 0 Å². The molecule has 0 aliphatic heterocycles. The van der Waals surface area contributed by atoms with E-state index in [1.54, 1.807) is 0 Å². The standard InChI is InChI=1S/C17H34O2Si2/c1-14(13-16(18)11-12-20(6,7)8)15(2)19-21(9,10)17(3,4)5/h15-16,18H,1,13H2,2-10H3/t15-,16-/m1/s1. The molecule has 0 spiro atoms. The van der Waals surface area contributed by atoms with E-state index in [4.69, 9.17) is 4.43 Å². The van der Waals surface area contributed by atoms with Crippen molar-refractivity contribution in [3.8, 4) is 11.5 Å². The van der Waals surface area contributed by atoms with Crippen molar-refractivity contribution < 1.29 is 9.53 Å². The zero-order chi connectivity index (χ0) is 17.1. The lowest BCUT2D eigenvalue weighted by molar-refractivity contribution is 0.197. The van der Waals surface area contributed by atoms with Crippen LogP contribution in [-0.2, 0) is 4.43 Å². The van der Waals surface area contributed by atoms with Crippen molar-refractivity contribution in [2.45, 2.75) is 84.1 Å². The number of rotatable bonds is 5. The Labute approximate surface area is 134 Å². The Morgan fingerprint density at radius 2 is 1.67 bits per heavy atom. The van der Waals surface area contributed by atoms with Crippen LogP contribution in [0.2, 0.25) is 37.8 Å². The summed E-state index contributed by atoms with van der Waals surface area (Å²) >= 11 is 0. The summed E-state index contributed by atoms with van der Waals surface area (Å²) in [5.41, 5.74) is 4.13.